The summed E-state index contributed by atoms with van der Waals surface area (Å²) in [7, 11) is 0. The third-order valence-corrected chi connectivity index (χ3v) is 4.91. The number of halogens is 2. The number of hydrogen-bond donors (Lipinski definition) is 3. The van der Waals surface area contributed by atoms with Gasteiger partial charge >= 0.3 is 0 Å². The fourth-order valence-electron chi connectivity index (χ4n) is 2.93. The molecule has 0 radical (unpaired) electrons. The summed E-state index contributed by atoms with van der Waals surface area (Å²) in [5.74, 6) is -0.448. The van der Waals surface area contributed by atoms with E-state index in [1.165, 1.54) is 28.2 Å². The zero-order valence-corrected chi connectivity index (χ0v) is 15.9. The summed E-state index contributed by atoms with van der Waals surface area (Å²) in [5, 5.41) is 6.78. The Labute approximate surface area is 163 Å². The molecule has 0 atom stereocenters. The Morgan fingerprint density at radius 1 is 1.15 bits per heavy atom. The van der Waals surface area contributed by atoms with Crippen LogP contribution in [0, 0.1) is 5.82 Å². The Balaban J connectivity index is 1.56. The third-order valence-electron chi connectivity index (χ3n) is 4.38. The van der Waals surface area contributed by atoms with Gasteiger partial charge in [-0.15, -0.1) is 0 Å². The number of rotatable bonds is 5. The second-order valence-corrected chi connectivity index (χ2v) is 7.06. The summed E-state index contributed by atoms with van der Waals surface area (Å²) in [6.45, 7) is 5.32. The van der Waals surface area contributed by atoms with Crippen LogP contribution in [0.3, 0.4) is 0 Å². The van der Waals surface area contributed by atoms with Crippen molar-refractivity contribution in [3.63, 3.8) is 0 Å². The third kappa shape index (κ3) is 5.38. The first kappa shape index (κ1) is 19.0. The van der Waals surface area contributed by atoms with Gasteiger partial charge in [-0.2, -0.15) is 0 Å². The highest BCUT2D eigenvalue weighted by atomic mass is 35.5. The smallest absolute Gasteiger partial charge is 0.171 e. The molecule has 1 aliphatic rings. The van der Waals surface area contributed by atoms with Crippen LogP contribution in [-0.2, 0) is 17.8 Å². The molecule has 0 spiro atoms. The van der Waals surface area contributed by atoms with Crippen LogP contribution in [0.4, 0.5) is 10.1 Å². The van der Waals surface area contributed by atoms with E-state index >= 15 is 0 Å². The van der Waals surface area contributed by atoms with E-state index in [0.29, 0.717) is 17.3 Å². The van der Waals surface area contributed by atoms with Crippen LogP contribution < -0.4 is 15.5 Å². The largest absolute Gasteiger partial charge is 0.370 e. The highest BCUT2D eigenvalue weighted by Gasteiger charge is 2.16. The number of anilines is 1. The maximum absolute atomic E-state index is 13.2. The lowest BCUT2D eigenvalue weighted by Gasteiger charge is -2.24. The van der Waals surface area contributed by atoms with E-state index in [9.17, 15) is 4.39 Å². The van der Waals surface area contributed by atoms with Crippen molar-refractivity contribution in [2.24, 2.45) is 0 Å². The predicted octanol–water partition coefficient (Wildman–Crippen LogP) is 2.38. The molecule has 3 rings (SSSR count). The van der Waals surface area contributed by atoms with Crippen LogP contribution in [0.15, 0.2) is 42.5 Å². The average molecular weight is 395 g/mol. The fraction of sp³-hybridized carbons (Fsp3) is 0.316. The monoisotopic (exact) mass is 394 g/mol. The van der Waals surface area contributed by atoms with Gasteiger partial charge in [0.2, 0.25) is 0 Å². The summed E-state index contributed by atoms with van der Waals surface area (Å²) in [6.07, 6.45) is 0. The van der Waals surface area contributed by atoms with Gasteiger partial charge in [-0.1, -0.05) is 35.9 Å². The minimum atomic E-state index is -0.448. The predicted molar refractivity (Wildman–Crippen MR) is 106 cm³/mol. The maximum atomic E-state index is 13.2. The van der Waals surface area contributed by atoms with Crippen LogP contribution in [-0.4, -0.2) is 31.4 Å². The molecule has 26 heavy (non-hydrogen) atoms. The molecule has 2 aromatic rings. The molecule has 0 aromatic heterocycles. The summed E-state index contributed by atoms with van der Waals surface area (Å²) in [5.41, 5.74) is 3.18. The molecule has 4 nitrogen and oxygen atoms in total. The van der Waals surface area contributed by atoms with Gasteiger partial charge in [-0.05, 0) is 36.0 Å². The molecule has 1 fully saturated rings. The quantitative estimate of drug-likeness (QED) is 0.681. The van der Waals surface area contributed by atoms with Crippen LogP contribution in [0.1, 0.15) is 11.1 Å². The number of hydrogen-bond acceptors (Lipinski definition) is 2. The number of quaternary nitrogens is 1. The lowest BCUT2D eigenvalue weighted by Crippen LogP contribution is -3.12. The van der Waals surface area contributed by atoms with Gasteiger partial charge in [0.25, 0.3) is 0 Å². The molecule has 1 heterocycles. The van der Waals surface area contributed by atoms with E-state index in [0.717, 1.165) is 32.8 Å². The molecule has 7 heteroatoms. The van der Waals surface area contributed by atoms with E-state index < -0.39 is 5.82 Å². The Hall–Kier alpha value is -1.73. The van der Waals surface area contributed by atoms with Crippen molar-refractivity contribution >= 4 is 34.6 Å². The van der Waals surface area contributed by atoms with E-state index in [2.05, 4.69) is 28.8 Å². The second-order valence-electron chi connectivity index (χ2n) is 6.24. The van der Waals surface area contributed by atoms with Gasteiger partial charge in [0.05, 0.1) is 18.2 Å². The fourth-order valence-corrected chi connectivity index (χ4v) is 3.30. The first-order valence-corrected chi connectivity index (χ1v) is 9.38. The molecule has 2 aromatic carbocycles. The number of ether oxygens (including phenoxy) is 1. The Morgan fingerprint density at radius 2 is 1.88 bits per heavy atom. The van der Waals surface area contributed by atoms with Crippen LogP contribution in [0.25, 0.3) is 0 Å². The summed E-state index contributed by atoms with van der Waals surface area (Å²) >= 11 is 11.1. The van der Waals surface area contributed by atoms with Gasteiger partial charge in [-0.25, -0.2) is 4.39 Å². The Kier molecular flexibility index (Phi) is 6.80. The molecule has 0 bridgehead atoms. The first-order valence-electron chi connectivity index (χ1n) is 8.60. The van der Waals surface area contributed by atoms with Crippen molar-refractivity contribution in [3.05, 3.63) is 64.4 Å². The van der Waals surface area contributed by atoms with Crippen LogP contribution in [0.5, 0.6) is 0 Å². The topological polar surface area (TPSA) is 37.7 Å². The summed E-state index contributed by atoms with van der Waals surface area (Å²) in [4.78, 5) is 1.53. The number of morpholine rings is 1. The molecular weight excluding hydrogens is 373 g/mol. The highest BCUT2D eigenvalue weighted by molar-refractivity contribution is 7.80. The number of benzene rings is 2. The SMILES string of the molecule is Fc1ccc(NC(=S)NCc2ccccc2C[NH+]2CCOCC2)cc1Cl. The zero-order valence-electron chi connectivity index (χ0n) is 14.4. The summed E-state index contributed by atoms with van der Waals surface area (Å²) < 4.78 is 18.7. The van der Waals surface area contributed by atoms with Gasteiger partial charge in [0, 0.05) is 17.8 Å². The first-order chi connectivity index (χ1) is 12.6. The van der Waals surface area contributed by atoms with Crippen molar-refractivity contribution in [2.75, 3.05) is 31.6 Å². The van der Waals surface area contributed by atoms with Gasteiger partial charge in [-0.3, -0.25) is 0 Å². The van der Waals surface area contributed by atoms with E-state index in [1.54, 1.807) is 6.07 Å². The Bertz CT molecular complexity index is 768. The Morgan fingerprint density at radius 3 is 2.62 bits per heavy atom. The number of thiocarbonyl (C=S) groups is 1. The molecule has 0 aliphatic carbocycles. The molecule has 1 saturated heterocycles. The lowest BCUT2D eigenvalue weighted by molar-refractivity contribution is -0.921. The van der Waals surface area contributed by atoms with Crippen LogP contribution >= 0.6 is 23.8 Å². The standard InChI is InChI=1S/C19H21ClFN3OS/c20-17-11-16(5-6-18(17)21)23-19(26)22-12-14-3-1-2-4-15(14)13-24-7-9-25-10-8-24/h1-6,11H,7-10,12-13H2,(H2,22,23,26)/p+1. The minimum Gasteiger partial charge on any atom is -0.370 e. The van der Waals surface area contributed by atoms with Crippen molar-refractivity contribution in [2.45, 2.75) is 13.1 Å². The maximum Gasteiger partial charge on any atom is 0.171 e. The van der Waals surface area contributed by atoms with Gasteiger partial charge in [0.1, 0.15) is 25.5 Å². The van der Waals surface area contributed by atoms with E-state index in [1.807, 2.05) is 6.07 Å². The summed E-state index contributed by atoms with van der Waals surface area (Å²) in [6, 6.07) is 12.8. The van der Waals surface area contributed by atoms with Gasteiger partial charge in [0.15, 0.2) is 5.11 Å². The zero-order chi connectivity index (χ0) is 18.4. The lowest BCUT2D eigenvalue weighted by atomic mass is 10.1. The molecular formula is C19H22ClFN3OS+. The average Bonchev–Trinajstić information content (AvgIpc) is 2.65. The molecule has 0 saturated carbocycles. The van der Waals surface area contributed by atoms with Crippen molar-refractivity contribution in [1.82, 2.24) is 5.32 Å². The molecule has 0 unspecified atom stereocenters. The second kappa shape index (κ2) is 9.28. The molecule has 1 aliphatic heterocycles. The van der Waals surface area contributed by atoms with Crippen molar-refractivity contribution < 1.29 is 14.0 Å². The minimum absolute atomic E-state index is 0.0663. The van der Waals surface area contributed by atoms with Crippen LogP contribution in [0.2, 0.25) is 5.02 Å². The molecule has 0 amide bonds. The number of nitrogens with one attached hydrogen (secondary N) is 3. The molecule has 138 valence electrons. The van der Waals surface area contributed by atoms with Gasteiger partial charge < -0.3 is 20.3 Å². The van der Waals surface area contributed by atoms with E-state index in [4.69, 9.17) is 28.6 Å². The normalized spacial score (nSPS) is 14.8. The van der Waals surface area contributed by atoms with E-state index in [-0.39, 0.29) is 5.02 Å². The molecule has 3 N–H and O–H groups in total. The van der Waals surface area contributed by atoms with Crippen molar-refractivity contribution in [3.8, 4) is 0 Å². The van der Waals surface area contributed by atoms with Crippen molar-refractivity contribution in [1.29, 1.82) is 0 Å². The highest BCUT2D eigenvalue weighted by Crippen LogP contribution is 2.19.